The first kappa shape index (κ1) is 85.3. The van der Waals surface area contributed by atoms with Crippen molar-refractivity contribution < 1.29 is 137 Å². The van der Waals surface area contributed by atoms with Crippen molar-refractivity contribution in [1.82, 2.24) is 73.1 Å². The van der Waals surface area contributed by atoms with Crippen molar-refractivity contribution in [3.05, 3.63) is 103 Å². The summed E-state index contributed by atoms with van der Waals surface area (Å²) in [5.74, 6) is -1.15. The first-order valence-corrected chi connectivity index (χ1v) is 43.1. The van der Waals surface area contributed by atoms with Gasteiger partial charge in [-0.2, -0.15) is 18.6 Å². The first-order chi connectivity index (χ1) is 54.1. The molecule has 19 N–H and O–H groups in total. The predicted octanol–water partition coefficient (Wildman–Crippen LogP) is -1.65. The molecule has 0 amide bonds. The Hall–Kier alpha value is -7.55. The summed E-state index contributed by atoms with van der Waals surface area (Å²) in [6.07, 6.45) is -21.7. The molecule has 0 spiro atoms. The minimum atomic E-state index is -6.38. The maximum Gasteiger partial charge on any atom is 0.490 e. The van der Waals surface area contributed by atoms with Gasteiger partial charge in [0.05, 0.1) is 69.0 Å². The lowest BCUT2D eigenvalue weighted by atomic mass is 9.84. The van der Waals surface area contributed by atoms with E-state index in [0.29, 0.717) is 0 Å². The molecular formula is C55H73N21O32P5S2+. The third-order valence-electron chi connectivity index (χ3n) is 18.2. The van der Waals surface area contributed by atoms with Crippen LogP contribution in [0.1, 0.15) is 57.4 Å². The van der Waals surface area contributed by atoms with Gasteiger partial charge in [0.15, 0.2) is 58.8 Å². The highest BCUT2D eigenvalue weighted by Gasteiger charge is 2.56. The van der Waals surface area contributed by atoms with Gasteiger partial charge in [0, 0.05) is 20.3 Å². The largest absolute Gasteiger partial charge is 0.490 e. The number of methoxy groups -OCH3 is 2. The lowest BCUT2D eigenvalue weighted by Crippen LogP contribution is -2.47. The molecule has 1 aromatic carbocycles. The zero-order valence-corrected chi connectivity index (χ0v) is 66.2. The second-order valence-electron chi connectivity index (χ2n) is 26.8. The molecule has 4 aliphatic rings. The number of aromatic amines is 3. The number of aliphatic hydroxyl groups is 3. The van der Waals surface area contributed by atoms with Crippen molar-refractivity contribution in [3.8, 4) is 0 Å². The van der Waals surface area contributed by atoms with Crippen molar-refractivity contribution in [2.75, 3.05) is 70.4 Å². The molecule has 12 heterocycles. The second-order valence-corrected chi connectivity index (χ2v) is 37.0. The molecule has 0 aliphatic carbocycles. The number of nitrogens with one attached hydrogen (secondary N) is 3. The number of ether oxygens (including phenoxy) is 8. The SMILES string of the molecule is COC1[C@@H](OP(O)(=S)OC[C@H]2O[C@@H](n3cnc4c(=O)[nH]c(N)nc43)C(OC)[C@H]2OP(O)(=S)OC[C@H]2O[C@@H](n3cnc4c(=O)[nH]c(N)nc43)C(O)[C@H]2O)[C@@H](COP(=O)(O)OP(=O)(O)OP(=O)(O)OC[C@H]2O[C@@H]([n+]3cn(C)c4c(=O)[nH]c(N)nc43)C(OCOC(c3ccccc3[N+](=O)[O-])C(C)(C)C)[C@H]2O)O[C@H]1n1cnc2c(N)ncnc21. The summed E-state index contributed by atoms with van der Waals surface area (Å²) in [7, 11) is -14.8. The van der Waals surface area contributed by atoms with Crippen LogP contribution < -0.4 is 44.2 Å². The van der Waals surface area contributed by atoms with E-state index in [2.05, 4.69) is 63.4 Å². The number of H-pyrrole nitrogens is 3. The van der Waals surface area contributed by atoms with Gasteiger partial charge >= 0.3 is 42.6 Å². The number of nitrogens with two attached hydrogens (primary N) is 4. The molecule has 4 saturated heterocycles. The number of aryl methyl sites for hydroxylation is 1. The number of imidazole rings is 4. The molecule has 8 aromatic heterocycles. The van der Waals surface area contributed by atoms with Gasteiger partial charge < -0.3 is 110 Å². The van der Waals surface area contributed by atoms with Crippen LogP contribution in [0.4, 0.5) is 29.4 Å². The summed E-state index contributed by atoms with van der Waals surface area (Å²) in [6, 6.07) is 5.76. The number of nitro groups is 1. The zero-order valence-electron chi connectivity index (χ0n) is 60.0. The van der Waals surface area contributed by atoms with Crippen molar-refractivity contribution >= 4 is 135 Å². The number of benzene rings is 1. The molecule has 115 heavy (non-hydrogen) atoms. The van der Waals surface area contributed by atoms with Crippen LogP contribution in [0.15, 0.2) is 70.3 Å². The molecule has 626 valence electrons. The molecule has 22 atom stereocenters. The van der Waals surface area contributed by atoms with Crippen LogP contribution in [0.2, 0.25) is 0 Å². The Kier molecular flexibility index (Phi) is 24.5. The molecule has 60 heteroatoms. The normalized spacial score (nSPS) is 28.3. The van der Waals surface area contributed by atoms with E-state index in [1.807, 2.05) is 0 Å². The zero-order chi connectivity index (χ0) is 83.1. The van der Waals surface area contributed by atoms with E-state index in [9.17, 15) is 78.0 Å². The number of aliphatic hydroxyl groups excluding tert-OH is 3. The van der Waals surface area contributed by atoms with Crippen LogP contribution in [0.5, 0.6) is 0 Å². The number of nitrogen functional groups attached to an aromatic ring is 4. The van der Waals surface area contributed by atoms with Gasteiger partial charge in [0.2, 0.25) is 23.6 Å². The molecule has 10 unspecified atom stereocenters. The monoisotopic (exact) mass is 1760 g/mol. The Bertz CT molecular complexity index is 5620. The third kappa shape index (κ3) is 17.9. The molecule has 4 aliphatic heterocycles. The number of nitro benzene ring substituents is 1. The Morgan fingerprint density at radius 2 is 1.09 bits per heavy atom. The minimum Gasteiger partial charge on any atom is -0.387 e. The maximum atomic E-state index is 13.8. The smallest absolute Gasteiger partial charge is 0.387 e. The van der Waals surface area contributed by atoms with Gasteiger partial charge in [-0.15, -0.1) is 0 Å². The number of phosphoric ester groups is 2. The van der Waals surface area contributed by atoms with Gasteiger partial charge in [0.25, 0.3) is 28.3 Å². The van der Waals surface area contributed by atoms with E-state index in [1.165, 1.54) is 57.0 Å². The fourth-order valence-electron chi connectivity index (χ4n) is 13.2. The van der Waals surface area contributed by atoms with E-state index in [0.717, 1.165) is 37.0 Å². The number of nitrogens with zero attached hydrogens (tertiary/aromatic N) is 14. The quantitative estimate of drug-likeness (QED) is 0.00738. The van der Waals surface area contributed by atoms with Gasteiger partial charge in [-0.05, 0) is 35.1 Å². The number of phosphoric acid groups is 3. The first-order valence-electron chi connectivity index (χ1n) is 33.4. The molecule has 0 bridgehead atoms. The summed E-state index contributed by atoms with van der Waals surface area (Å²) in [6.45, 7) is -9.42. The topological polar surface area (TPSA) is 733 Å². The molecule has 53 nitrogen and oxygen atoms in total. The molecular weight excluding hydrogens is 1690 g/mol. The highest BCUT2D eigenvalue weighted by atomic mass is 32.5. The van der Waals surface area contributed by atoms with Crippen molar-refractivity contribution in [2.24, 2.45) is 12.5 Å². The van der Waals surface area contributed by atoms with Gasteiger partial charge in [-0.25, -0.2) is 43.2 Å². The van der Waals surface area contributed by atoms with Crippen LogP contribution in [-0.4, -0.2) is 238 Å². The van der Waals surface area contributed by atoms with E-state index in [1.54, 1.807) is 26.8 Å². The molecule has 0 saturated carbocycles. The van der Waals surface area contributed by atoms with Gasteiger partial charge in [-0.3, -0.25) is 75.8 Å². The number of fused-ring (bicyclic) bond motifs is 4. The van der Waals surface area contributed by atoms with Crippen molar-refractivity contribution in [1.29, 1.82) is 0 Å². The van der Waals surface area contributed by atoms with Gasteiger partial charge in [-0.1, -0.05) is 37.9 Å². The number of para-hydroxylation sites is 1. The molecule has 4 fully saturated rings. The molecule has 0 radical (unpaired) electrons. The van der Waals surface area contributed by atoms with Crippen LogP contribution in [0.3, 0.4) is 0 Å². The highest BCUT2D eigenvalue weighted by molar-refractivity contribution is 8.07. The van der Waals surface area contributed by atoms with Gasteiger partial charge in [0.1, 0.15) is 91.9 Å². The maximum absolute atomic E-state index is 13.8. The minimum absolute atomic E-state index is 0.0150. The fourth-order valence-corrected chi connectivity index (χ4v) is 19.6. The van der Waals surface area contributed by atoms with Crippen molar-refractivity contribution in [3.63, 3.8) is 0 Å². The second kappa shape index (κ2) is 33.0. The lowest BCUT2D eigenvalue weighted by molar-refractivity contribution is -0.746. The molecule has 9 aromatic rings. The third-order valence-corrected chi connectivity index (χ3v) is 25.5. The summed E-state index contributed by atoms with van der Waals surface area (Å²) in [4.78, 5) is 147. The number of hydrogen-bond acceptors (Lipinski definition) is 41. The Morgan fingerprint density at radius 3 is 1.63 bits per heavy atom. The number of anilines is 4. The highest BCUT2D eigenvalue weighted by Crippen LogP contribution is 2.68. The summed E-state index contributed by atoms with van der Waals surface area (Å²) < 4.78 is 138. The van der Waals surface area contributed by atoms with Crippen LogP contribution in [0.25, 0.3) is 44.7 Å². The van der Waals surface area contributed by atoms with Crippen LogP contribution >= 0.6 is 36.9 Å². The summed E-state index contributed by atoms with van der Waals surface area (Å²) in [5, 5.41) is 46.3. The average Bonchev–Trinajstić information content (AvgIpc) is 1.61. The van der Waals surface area contributed by atoms with E-state index < -0.39 is 201 Å². The van der Waals surface area contributed by atoms with Crippen molar-refractivity contribution in [2.45, 2.75) is 125 Å². The number of rotatable bonds is 32. The summed E-state index contributed by atoms with van der Waals surface area (Å²) >= 11 is 11.0. The number of hydrogen-bond donors (Lipinski definition) is 15. The van der Waals surface area contributed by atoms with Crippen LogP contribution in [-0.2, 0) is 118 Å². The number of aromatic nitrogens is 16. The van der Waals surface area contributed by atoms with E-state index in [-0.39, 0.29) is 79.6 Å². The van der Waals surface area contributed by atoms with E-state index >= 15 is 0 Å². The Morgan fingerprint density at radius 1 is 0.609 bits per heavy atom. The average molecular weight is 1760 g/mol. The molecule has 13 rings (SSSR count). The van der Waals surface area contributed by atoms with Crippen LogP contribution in [0, 0.1) is 15.5 Å². The Balaban J connectivity index is 0.704. The predicted molar refractivity (Wildman–Crippen MR) is 390 cm³/mol. The van der Waals surface area contributed by atoms with E-state index in [4.69, 9.17) is 112 Å². The fraction of sp³-hybridized carbons (Fsp3) is 0.527. The Labute approximate surface area is 652 Å². The summed E-state index contributed by atoms with van der Waals surface area (Å²) in [5.41, 5.74) is 19.5. The lowest BCUT2D eigenvalue weighted by Gasteiger charge is -2.31. The standard InChI is InChI=1S/C55H72N21O32P5S2/c1-55(2,3)39(21-9-7-8-10-22(21)76(83)84)96-20-95-36-32(78)24(102-49(36)75-19-71(4)30-44(75)67-54(59)70-47(30)82)11-97-109(85,86)107-111(89,90)108-110(87,88)98-13-25-34(37(93-5)50(103-25)72-16-62-27-40(56)60-15-61-41(27)72)105-113(92,115)100-14-26-35(38(94-6)51(104-26)74-18-64-29-43(74)66-53(58)69-46(29)81)106-112(91,114)99-12-23-31(77)33(79)48(101-23)73-17-63-28-42(73)65-52(57)68-45(28)80/h7-10,15-19,23-26,31-39,48-51,77-79H,11-14,20H2,1-6H3,(H15-,56,57,58,59,60,61,65,66,67,68,69,70,80,81,82,85,86,87,88,89,90,91,92,114,115)/p+1/t23-,24-,25-,26-,31+,32+,33?,34+,35+,36?,37?,38?,39?,48-,49-,50-,51-,112?,113?/m1/s1.